The molecule has 0 spiro atoms. The van der Waals surface area contributed by atoms with Gasteiger partial charge in [0.05, 0.1) is 18.0 Å². The van der Waals surface area contributed by atoms with E-state index in [1.165, 1.54) is 0 Å². The zero-order valence-electron chi connectivity index (χ0n) is 15.7. The van der Waals surface area contributed by atoms with Gasteiger partial charge in [-0.05, 0) is 44.4 Å². The first kappa shape index (κ1) is 17.5. The number of rotatable bonds is 4. The van der Waals surface area contributed by atoms with Crippen molar-refractivity contribution in [1.82, 2.24) is 29.9 Å². The molecule has 3 aromatic rings. The molecular weight excluding hydrogens is 340 g/mol. The quantitative estimate of drug-likeness (QED) is 0.772. The van der Waals surface area contributed by atoms with Gasteiger partial charge >= 0.3 is 0 Å². The Labute approximate surface area is 158 Å². The van der Waals surface area contributed by atoms with Crippen LogP contribution in [0.25, 0.3) is 11.1 Å². The molecule has 0 aliphatic carbocycles. The summed E-state index contributed by atoms with van der Waals surface area (Å²) in [6.45, 7) is 6.26. The molecule has 4 heterocycles. The highest BCUT2D eigenvalue weighted by Gasteiger charge is 2.28. The number of likely N-dealkylation sites (tertiary alicyclic amines) is 1. The van der Waals surface area contributed by atoms with E-state index in [9.17, 15) is 4.79 Å². The topological polar surface area (TPSA) is 79.7 Å². The van der Waals surface area contributed by atoms with E-state index in [0.29, 0.717) is 11.5 Å². The third kappa shape index (κ3) is 3.25. The second-order valence-electron chi connectivity index (χ2n) is 6.96. The van der Waals surface area contributed by atoms with Crippen molar-refractivity contribution in [3.05, 3.63) is 53.9 Å². The van der Waals surface area contributed by atoms with Crippen LogP contribution in [0.4, 0.5) is 0 Å². The average Bonchev–Trinajstić information content (AvgIpc) is 3.35. The van der Waals surface area contributed by atoms with Gasteiger partial charge in [-0.25, -0.2) is 0 Å². The van der Waals surface area contributed by atoms with Crippen LogP contribution in [0.3, 0.4) is 0 Å². The largest absolute Gasteiger partial charge is 0.338 e. The number of nitrogens with one attached hydrogen (secondary N) is 1. The lowest BCUT2D eigenvalue weighted by molar-refractivity contribution is 0.0711. The predicted octanol–water partition coefficient (Wildman–Crippen LogP) is 3.02. The summed E-state index contributed by atoms with van der Waals surface area (Å²) in [6, 6.07) is 4.00. The van der Waals surface area contributed by atoms with Crippen molar-refractivity contribution in [2.45, 2.75) is 39.2 Å². The number of hydrogen-bond donors (Lipinski definition) is 1. The molecule has 1 aliphatic heterocycles. The number of amides is 1. The normalized spacial score (nSPS) is 15.3. The third-order valence-corrected chi connectivity index (χ3v) is 5.48. The van der Waals surface area contributed by atoms with Crippen molar-refractivity contribution in [2.75, 3.05) is 13.1 Å². The van der Waals surface area contributed by atoms with Crippen LogP contribution in [0.1, 0.15) is 47.4 Å². The Morgan fingerprint density at radius 2 is 1.96 bits per heavy atom. The van der Waals surface area contributed by atoms with E-state index in [-0.39, 0.29) is 5.91 Å². The monoisotopic (exact) mass is 364 g/mol. The standard InChI is InChI=1S/C20H24N6O/c1-3-26-14(2)17(13-23-26)20(27)25-10-6-16(7-11-25)19-18(12-22-24-19)15-4-8-21-9-5-15/h4-5,8-9,12-13,16H,3,6-7,10-11H2,1-2H3,(H,22,24). The van der Waals surface area contributed by atoms with Crippen molar-refractivity contribution in [1.29, 1.82) is 0 Å². The number of aryl methyl sites for hydroxylation is 1. The Kier molecular flexibility index (Phi) is 4.75. The van der Waals surface area contributed by atoms with E-state index in [1.807, 2.05) is 41.8 Å². The maximum absolute atomic E-state index is 12.9. The molecule has 1 amide bonds. The Balaban J connectivity index is 1.46. The summed E-state index contributed by atoms with van der Waals surface area (Å²) < 4.78 is 1.87. The van der Waals surface area contributed by atoms with Crippen LogP contribution in [0.2, 0.25) is 0 Å². The van der Waals surface area contributed by atoms with Crippen LogP contribution in [0, 0.1) is 6.92 Å². The van der Waals surface area contributed by atoms with Crippen molar-refractivity contribution >= 4 is 5.91 Å². The fraction of sp³-hybridized carbons (Fsp3) is 0.400. The lowest BCUT2D eigenvalue weighted by atomic mass is 9.89. The van der Waals surface area contributed by atoms with Gasteiger partial charge in [0.2, 0.25) is 0 Å². The fourth-order valence-electron chi connectivity index (χ4n) is 3.89. The molecule has 0 atom stereocenters. The van der Waals surface area contributed by atoms with E-state index in [1.54, 1.807) is 18.6 Å². The molecule has 7 heteroatoms. The molecular formula is C20H24N6O. The molecule has 0 radical (unpaired) electrons. The second kappa shape index (κ2) is 7.34. The van der Waals surface area contributed by atoms with Gasteiger partial charge < -0.3 is 4.90 Å². The molecule has 7 nitrogen and oxygen atoms in total. The first-order chi connectivity index (χ1) is 13.2. The van der Waals surface area contributed by atoms with E-state index in [2.05, 4.69) is 20.3 Å². The van der Waals surface area contributed by atoms with Crippen molar-refractivity contribution in [2.24, 2.45) is 0 Å². The molecule has 1 aliphatic rings. The fourth-order valence-corrected chi connectivity index (χ4v) is 3.89. The minimum absolute atomic E-state index is 0.0876. The number of carbonyl (C=O) groups is 1. The minimum Gasteiger partial charge on any atom is -0.338 e. The highest BCUT2D eigenvalue weighted by atomic mass is 16.2. The van der Waals surface area contributed by atoms with Gasteiger partial charge in [0.15, 0.2) is 0 Å². The molecule has 0 saturated carbocycles. The number of piperidine rings is 1. The van der Waals surface area contributed by atoms with E-state index in [0.717, 1.165) is 55.0 Å². The molecule has 140 valence electrons. The number of carbonyl (C=O) groups excluding carboxylic acids is 1. The second-order valence-corrected chi connectivity index (χ2v) is 6.96. The van der Waals surface area contributed by atoms with Crippen molar-refractivity contribution in [3.8, 4) is 11.1 Å². The van der Waals surface area contributed by atoms with Crippen molar-refractivity contribution in [3.63, 3.8) is 0 Å². The highest BCUT2D eigenvalue weighted by molar-refractivity contribution is 5.95. The zero-order chi connectivity index (χ0) is 18.8. The molecule has 0 unspecified atom stereocenters. The summed E-state index contributed by atoms with van der Waals surface area (Å²) in [7, 11) is 0. The molecule has 27 heavy (non-hydrogen) atoms. The number of pyridine rings is 1. The van der Waals surface area contributed by atoms with Gasteiger partial charge in [-0.15, -0.1) is 0 Å². The summed E-state index contributed by atoms with van der Waals surface area (Å²) in [6.07, 6.45) is 9.02. The molecule has 1 saturated heterocycles. The Morgan fingerprint density at radius 3 is 2.63 bits per heavy atom. The van der Waals surface area contributed by atoms with Gasteiger partial charge in [-0.1, -0.05) is 0 Å². The first-order valence-corrected chi connectivity index (χ1v) is 9.44. The first-order valence-electron chi connectivity index (χ1n) is 9.44. The molecule has 1 N–H and O–H groups in total. The average molecular weight is 364 g/mol. The molecule has 3 aromatic heterocycles. The predicted molar refractivity (Wildman–Crippen MR) is 102 cm³/mol. The maximum Gasteiger partial charge on any atom is 0.257 e. The van der Waals surface area contributed by atoms with Crippen LogP contribution in [-0.4, -0.2) is 48.9 Å². The summed E-state index contributed by atoms with van der Waals surface area (Å²) in [5.74, 6) is 0.462. The molecule has 1 fully saturated rings. The van der Waals surface area contributed by atoms with Gasteiger partial charge in [0.1, 0.15) is 0 Å². The lowest BCUT2D eigenvalue weighted by Crippen LogP contribution is -2.38. The lowest BCUT2D eigenvalue weighted by Gasteiger charge is -2.32. The van der Waals surface area contributed by atoms with E-state index >= 15 is 0 Å². The van der Waals surface area contributed by atoms with Gasteiger partial charge in [0, 0.05) is 54.9 Å². The van der Waals surface area contributed by atoms with Crippen LogP contribution in [0.5, 0.6) is 0 Å². The molecule has 0 bridgehead atoms. The van der Waals surface area contributed by atoms with Gasteiger partial charge in [0.25, 0.3) is 5.91 Å². The van der Waals surface area contributed by atoms with Crippen LogP contribution in [-0.2, 0) is 6.54 Å². The number of aromatic amines is 1. The third-order valence-electron chi connectivity index (χ3n) is 5.48. The smallest absolute Gasteiger partial charge is 0.257 e. The summed E-state index contributed by atoms with van der Waals surface area (Å²) in [5, 5.41) is 11.7. The van der Waals surface area contributed by atoms with Gasteiger partial charge in [-0.3, -0.25) is 19.6 Å². The molecule has 4 rings (SSSR count). The highest BCUT2D eigenvalue weighted by Crippen LogP contribution is 2.34. The Bertz CT molecular complexity index is 921. The number of aromatic nitrogens is 5. The molecule has 0 aromatic carbocycles. The number of H-pyrrole nitrogens is 1. The summed E-state index contributed by atoms with van der Waals surface area (Å²) in [4.78, 5) is 18.9. The number of nitrogens with zero attached hydrogens (tertiary/aromatic N) is 5. The Hall–Kier alpha value is -2.96. The zero-order valence-corrected chi connectivity index (χ0v) is 15.7. The number of hydrogen-bond acceptors (Lipinski definition) is 4. The van der Waals surface area contributed by atoms with E-state index in [4.69, 9.17) is 0 Å². The minimum atomic E-state index is 0.0876. The Morgan fingerprint density at radius 1 is 1.22 bits per heavy atom. The van der Waals surface area contributed by atoms with Crippen LogP contribution < -0.4 is 0 Å². The van der Waals surface area contributed by atoms with E-state index < -0.39 is 0 Å². The summed E-state index contributed by atoms with van der Waals surface area (Å²) in [5.41, 5.74) is 5.06. The van der Waals surface area contributed by atoms with Crippen LogP contribution in [0.15, 0.2) is 36.9 Å². The van der Waals surface area contributed by atoms with Crippen LogP contribution >= 0.6 is 0 Å². The summed E-state index contributed by atoms with van der Waals surface area (Å²) >= 11 is 0. The van der Waals surface area contributed by atoms with Crippen molar-refractivity contribution < 1.29 is 4.79 Å². The maximum atomic E-state index is 12.9. The van der Waals surface area contributed by atoms with Gasteiger partial charge in [-0.2, -0.15) is 10.2 Å². The SMILES string of the molecule is CCn1ncc(C(=O)N2CCC(c3[nH]ncc3-c3ccncc3)CC2)c1C.